The highest BCUT2D eigenvalue weighted by molar-refractivity contribution is 7.92. The summed E-state index contributed by atoms with van der Waals surface area (Å²) >= 11 is 5.98. The molecule has 1 amide bonds. The van der Waals surface area contributed by atoms with Crippen LogP contribution in [0.2, 0.25) is 5.02 Å². The highest BCUT2D eigenvalue weighted by Gasteiger charge is 2.27. The SMILES string of the molecule is COc1ccc(S(=O)(=O)N(CC(=O)NCCCc2ccc(OC(C)C)cc2)c2ccc(Cl)cc2)cc1. The third-order valence-corrected chi connectivity index (χ3v) is 7.35. The topological polar surface area (TPSA) is 84.9 Å². The van der Waals surface area contributed by atoms with Crippen LogP contribution in [0.1, 0.15) is 25.8 Å². The van der Waals surface area contributed by atoms with Crippen molar-refractivity contribution in [1.82, 2.24) is 5.32 Å². The zero-order valence-electron chi connectivity index (χ0n) is 20.6. The molecule has 3 aromatic rings. The van der Waals surface area contributed by atoms with Gasteiger partial charge in [0.05, 0.1) is 23.8 Å². The number of hydrogen-bond acceptors (Lipinski definition) is 5. The van der Waals surface area contributed by atoms with Crippen molar-refractivity contribution in [2.24, 2.45) is 0 Å². The minimum Gasteiger partial charge on any atom is -0.497 e. The molecule has 0 radical (unpaired) electrons. The first kappa shape index (κ1) is 27.4. The van der Waals surface area contributed by atoms with Crippen molar-refractivity contribution in [1.29, 1.82) is 0 Å². The molecular weight excluding hydrogens is 500 g/mol. The molecule has 192 valence electrons. The number of carbonyl (C=O) groups excluding carboxylic acids is 1. The Kier molecular flexibility index (Phi) is 9.61. The monoisotopic (exact) mass is 530 g/mol. The van der Waals surface area contributed by atoms with Crippen LogP contribution in [0.4, 0.5) is 5.69 Å². The number of halogens is 1. The third-order valence-electron chi connectivity index (χ3n) is 5.31. The molecule has 0 saturated heterocycles. The Labute approximate surface area is 218 Å². The number of anilines is 1. The van der Waals surface area contributed by atoms with Crippen molar-refractivity contribution in [2.75, 3.05) is 24.5 Å². The van der Waals surface area contributed by atoms with Gasteiger partial charge in [0.25, 0.3) is 10.0 Å². The van der Waals surface area contributed by atoms with E-state index >= 15 is 0 Å². The van der Waals surface area contributed by atoms with Crippen LogP contribution in [0.3, 0.4) is 0 Å². The number of amides is 1. The normalized spacial score (nSPS) is 11.2. The van der Waals surface area contributed by atoms with E-state index in [0.29, 0.717) is 29.4 Å². The summed E-state index contributed by atoms with van der Waals surface area (Å²) in [4.78, 5) is 12.8. The molecule has 0 fully saturated rings. The van der Waals surface area contributed by atoms with Gasteiger partial charge >= 0.3 is 0 Å². The fourth-order valence-corrected chi connectivity index (χ4v) is 5.06. The fraction of sp³-hybridized carbons (Fsp3) is 0.296. The van der Waals surface area contributed by atoms with Crippen LogP contribution >= 0.6 is 11.6 Å². The van der Waals surface area contributed by atoms with E-state index in [0.717, 1.165) is 22.0 Å². The number of carbonyl (C=O) groups is 1. The molecule has 0 spiro atoms. The van der Waals surface area contributed by atoms with E-state index in [2.05, 4.69) is 5.32 Å². The number of ether oxygens (including phenoxy) is 2. The second-order valence-corrected chi connectivity index (χ2v) is 10.7. The number of rotatable bonds is 12. The van der Waals surface area contributed by atoms with Gasteiger partial charge in [-0.05, 0) is 92.9 Å². The maximum absolute atomic E-state index is 13.4. The second-order valence-electron chi connectivity index (χ2n) is 8.43. The van der Waals surface area contributed by atoms with Crippen molar-refractivity contribution in [3.8, 4) is 11.5 Å². The van der Waals surface area contributed by atoms with E-state index in [9.17, 15) is 13.2 Å². The third kappa shape index (κ3) is 7.63. The van der Waals surface area contributed by atoms with Crippen molar-refractivity contribution >= 4 is 33.2 Å². The number of nitrogens with zero attached hydrogens (tertiary/aromatic N) is 1. The van der Waals surface area contributed by atoms with Gasteiger partial charge in [0.15, 0.2) is 0 Å². The van der Waals surface area contributed by atoms with Crippen LogP contribution in [-0.4, -0.2) is 40.6 Å². The van der Waals surface area contributed by atoms with E-state index in [1.54, 1.807) is 36.4 Å². The van der Waals surface area contributed by atoms with Gasteiger partial charge in [-0.2, -0.15) is 0 Å². The predicted molar refractivity (Wildman–Crippen MR) is 143 cm³/mol. The lowest BCUT2D eigenvalue weighted by atomic mass is 10.1. The Morgan fingerprint density at radius 1 is 0.944 bits per heavy atom. The standard InChI is InChI=1S/C27H31ClN2O5S/c1-20(2)35-25-12-6-21(7-13-25)5-4-18-29-27(31)19-30(23-10-8-22(28)9-11-23)36(32,33)26-16-14-24(34-3)15-17-26/h6-17,20H,4-5,18-19H2,1-3H3,(H,29,31). The van der Waals surface area contributed by atoms with Crippen molar-refractivity contribution in [2.45, 2.75) is 37.7 Å². The Balaban J connectivity index is 1.64. The molecule has 0 aliphatic carbocycles. The summed E-state index contributed by atoms with van der Waals surface area (Å²) < 4.78 is 38.7. The molecule has 0 aromatic heterocycles. The first-order valence-electron chi connectivity index (χ1n) is 11.6. The molecule has 0 atom stereocenters. The molecule has 0 heterocycles. The largest absolute Gasteiger partial charge is 0.497 e. The number of aryl methyl sites for hydroxylation is 1. The van der Waals surface area contributed by atoms with Gasteiger partial charge in [-0.15, -0.1) is 0 Å². The van der Waals surface area contributed by atoms with E-state index in [-0.39, 0.29) is 17.5 Å². The van der Waals surface area contributed by atoms with Crippen LogP contribution in [0.25, 0.3) is 0 Å². The average molecular weight is 531 g/mol. The van der Waals surface area contributed by atoms with Gasteiger partial charge in [0, 0.05) is 11.6 Å². The van der Waals surface area contributed by atoms with Crippen LogP contribution in [0.15, 0.2) is 77.7 Å². The number of nitrogens with one attached hydrogen (secondary N) is 1. The molecule has 1 N–H and O–H groups in total. The van der Waals surface area contributed by atoms with Crippen LogP contribution in [-0.2, 0) is 21.2 Å². The summed E-state index contributed by atoms with van der Waals surface area (Å²) in [6.07, 6.45) is 1.60. The zero-order chi connectivity index (χ0) is 26.1. The quantitative estimate of drug-likeness (QED) is 0.330. The first-order valence-corrected chi connectivity index (χ1v) is 13.5. The summed E-state index contributed by atoms with van der Waals surface area (Å²) in [6, 6.07) is 20.2. The molecular formula is C27H31ClN2O5S. The van der Waals surface area contributed by atoms with Gasteiger partial charge < -0.3 is 14.8 Å². The Bertz CT molecular complexity index is 1230. The molecule has 0 aliphatic heterocycles. The summed E-state index contributed by atoms with van der Waals surface area (Å²) in [6.45, 7) is 4.01. The summed E-state index contributed by atoms with van der Waals surface area (Å²) in [5, 5.41) is 3.29. The Morgan fingerprint density at radius 3 is 2.14 bits per heavy atom. The molecule has 0 unspecified atom stereocenters. The smallest absolute Gasteiger partial charge is 0.264 e. The molecule has 3 aromatic carbocycles. The van der Waals surface area contributed by atoms with Crippen LogP contribution < -0.4 is 19.1 Å². The van der Waals surface area contributed by atoms with E-state index in [1.807, 2.05) is 38.1 Å². The number of methoxy groups -OCH3 is 1. The summed E-state index contributed by atoms with van der Waals surface area (Å²) in [5.74, 6) is 0.956. The van der Waals surface area contributed by atoms with E-state index < -0.39 is 15.9 Å². The lowest BCUT2D eigenvalue weighted by Crippen LogP contribution is -2.41. The predicted octanol–water partition coefficient (Wildman–Crippen LogP) is 5.08. The molecule has 0 saturated carbocycles. The highest BCUT2D eigenvalue weighted by atomic mass is 35.5. The molecule has 9 heteroatoms. The maximum Gasteiger partial charge on any atom is 0.264 e. The fourth-order valence-electron chi connectivity index (χ4n) is 3.51. The molecule has 7 nitrogen and oxygen atoms in total. The summed E-state index contributed by atoms with van der Waals surface area (Å²) in [7, 11) is -2.51. The number of hydrogen-bond donors (Lipinski definition) is 1. The van der Waals surface area contributed by atoms with E-state index in [4.69, 9.17) is 21.1 Å². The van der Waals surface area contributed by atoms with Crippen LogP contribution in [0.5, 0.6) is 11.5 Å². The van der Waals surface area contributed by atoms with Gasteiger partial charge in [-0.1, -0.05) is 23.7 Å². The summed E-state index contributed by atoms with van der Waals surface area (Å²) in [5.41, 5.74) is 1.47. The lowest BCUT2D eigenvalue weighted by Gasteiger charge is -2.24. The number of benzene rings is 3. The Morgan fingerprint density at radius 2 is 1.56 bits per heavy atom. The van der Waals surface area contributed by atoms with Gasteiger partial charge in [-0.3, -0.25) is 9.10 Å². The highest BCUT2D eigenvalue weighted by Crippen LogP contribution is 2.26. The lowest BCUT2D eigenvalue weighted by molar-refractivity contribution is -0.119. The van der Waals surface area contributed by atoms with Crippen LogP contribution in [0, 0.1) is 0 Å². The number of sulfonamides is 1. The minimum absolute atomic E-state index is 0.0518. The Hall–Kier alpha value is -3.23. The van der Waals surface area contributed by atoms with Crippen molar-refractivity contribution < 1.29 is 22.7 Å². The van der Waals surface area contributed by atoms with Gasteiger partial charge in [-0.25, -0.2) is 8.42 Å². The molecule has 0 bridgehead atoms. The van der Waals surface area contributed by atoms with Gasteiger partial charge in [0.1, 0.15) is 18.0 Å². The molecule has 3 rings (SSSR count). The first-order chi connectivity index (χ1) is 17.2. The van der Waals surface area contributed by atoms with Crippen molar-refractivity contribution in [3.63, 3.8) is 0 Å². The zero-order valence-corrected chi connectivity index (χ0v) is 22.2. The minimum atomic E-state index is -4.01. The van der Waals surface area contributed by atoms with E-state index in [1.165, 1.54) is 19.2 Å². The van der Waals surface area contributed by atoms with Gasteiger partial charge in [0.2, 0.25) is 5.91 Å². The molecule has 36 heavy (non-hydrogen) atoms. The maximum atomic E-state index is 13.4. The van der Waals surface area contributed by atoms with Crippen molar-refractivity contribution in [3.05, 3.63) is 83.4 Å². The average Bonchev–Trinajstić information content (AvgIpc) is 2.86. The second kappa shape index (κ2) is 12.6. The molecule has 0 aliphatic rings.